The van der Waals surface area contributed by atoms with Crippen LogP contribution < -0.4 is 15.4 Å². The number of unbranched alkanes of at least 4 members (excludes halogenated alkanes) is 1. The molecule has 26 heteroatoms. The number of carbonyl (C=O) groups is 3. The van der Waals surface area contributed by atoms with Gasteiger partial charge in [-0.1, -0.05) is 49.4 Å². The van der Waals surface area contributed by atoms with Crippen molar-refractivity contribution in [1.82, 2.24) is 55.1 Å². The number of rotatable bonds is 44. The van der Waals surface area contributed by atoms with E-state index in [9.17, 15) is 27.6 Å². The highest BCUT2D eigenvalue weighted by molar-refractivity contribution is 5.76. The monoisotopic (exact) mass is 1210 g/mol. The molecule has 4 unspecified atom stereocenters. The van der Waals surface area contributed by atoms with Gasteiger partial charge in [0.1, 0.15) is 24.0 Å². The number of likely N-dealkylation sites (tertiary alicyclic amines) is 1. The van der Waals surface area contributed by atoms with Gasteiger partial charge in [0.05, 0.1) is 137 Å². The van der Waals surface area contributed by atoms with E-state index in [1.165, 1.54) is 12.8 Å². The maximum Gasteiger partial charge on any atom is 0.313 e. The summed E-state index contributed by atoms with van der Waals surface area (Å²) in [6, 6.07) is 12.5. The van der Waals surface area contributed by atoms with Gasteiger partial charge in [0.25, 0.3) is 0 Å². The molecule has 2 saturated carbocycles. The Morgan fingerprint density at radius 1 is 0.686 bits per heavy atom. The van der Waals surface area contributed by atoms with Crippen LogP contribution in [0.2, 0.25) is 0 Å². The fourth-order valence-electron chi connectivity index (χ4n) is 11.4. The van der Waals surface area contributed by atoms with E-state index in [1.807, 2.05) is 30.6 Å². The Bertz CT molecular complexity index is 2830. The van der Waals surface area contributed by atoms with E-state index < -0.39 is 29.2 Å². The molecule has 3 fully saturated rings. The summed E-state index contributed by atoms with van der Waals surface area (Å²) < 4.78 is 94.4. The van der Waals surface area contributed by atoms with Gasteiger partial charge in [-0.25, -0.2) is 17.9 Å². The lowest BCUT2D eigenvalue weighted by Gasteiger charge is -2.80. The number of aryl methyl sites for hydroxylation is 2. The highest BCUT2D eigenvalue weighted by Crippen LogP contribution is 2.73. The number of halogens is 3. The van der Waals surface area contributed by atoms with Crippen molar-refractivity contribution in [3.8, 4) is 5.75 Å². The lowest BCUT2D eigenvalue weighted by atomic mass is 9.40. The van der Waals surface area contributed by atoms with Gasteiger partial charge in [-0.05, 0) is 57.4 Å². The van der Waals surface area contributed by atoms with Crippen molar-refractivity contribution in [3.05, 3.63) is 107 Å². The first-order valence-corrected chi connectivity index (χ1v) is 30.0. The molecular formula is C60H84F3N11O12. The van der Waals surface area contributed by atoms with E-state index in [4.69, 9.17) is 37.9 Å². The van der Waals surface area contributed by atoms with Crippen LogP contribution in [0.5, 0.6) is 5.75 Å². The Morgan fingerprint density at radius 3 is 1.90 bits per heavy atom. The van der Waals surface area contributed by atoms with Crippen molar-refractivity contribution >= 4 is 17.8 Å². The summed E-state index contributed by atoms with van der Waals surface area (Å²) in [5, 5.41) is 28.2. The van der Waals surface area contributed by atoms with Gasteiger partial charge in [0, 0.05) is 79.1 Å². The van der Waals surface area contributed by atoms with Crippen molar-refractivity contribution in [2.75, 3.05) is 112 Å². The van der Waals surface area contributed by atoms with Crippen LogP contribution in [0, 0.1) is 29.8 Å². The fourth-order valence-corrected chi connectivity index (χ4v) is 11.4. The van der Waals surface area contributed by atoms with Gasteiger partial charge < -0.3 is 57.8 Å². The number of esters is 1. The SMILES string of the molecule is Cc1nnc(C(C)C)n1C1CC2N(CC[C@H](NC(=O)Cn3cc(CNC(=O)CCCCc4cn(CCOCCOCCOCCOCCOCCOCCOCCOCCC(=O)Oc5c(F)cc(F)cc5F)nn4)cn3)c3ccccc3)C3CCC321. The van der Waals surface area contributed by atoms with Gasteiger partial charge in [-0.2, -0.15) is 5.10 Å². The maximum absolute atomic E-state index is 13.6. The highest BCUT2D eigenvalue weighted by atomic mass is 19.1. The van der Waals surface area contributed by atoms with Crippen LogP contribution in [0.1, 0.15) is 112 Å². The normalized spacial score (nSPS) is 18.2. The molecule has 2 aliphatic carbocycles. The van der Waals surface area contributed by atoms with Gasteiger partial charge >= 0.3 is 5.97 Å². The molecule has 2 N–H and O–H groups in total. The van der Waals surface area contributed by atoms with E-state index in [-0.39, 0.29) is 50.6 Å². The number of ether oxygens (including phenoxy) is 9. The Morgan fingerprint density at radius 2 is 1.30 bits per heavy atom. The Kier molecular flexibility index (Phi) is 26.3. The summed E-state index contributed by atoms with van der Waals surface area (Å²) in [5.41, 5.74) is 3.11. The number of aromatic nitrogens is 8. The van der Waals surface area contributed by atoms with Crippen molar-refractivity contribution < 1.29 is 70.2 Å². The number of nitrogens with zero attached hydrogens (tertiary/aromatic N) is 9. The third kappa shape index (κ3) is 19.1. The molecule has 23 nitrogen and oxygen atoms in total. The minimum Gasteiger partial charge on any atom is -0.420 e. The van der Waals surface area contributed by atoms with E-state index in [2.05, 4.69) is 83.3 Å². The van der Waals surface area contributed by atoms with Crippen LogP contribution in [0.25, 0.3) is 0 Å². The fraction of sp³-hybridized carbons (Fsp3) is 0.633. The first kappa shape index (κ1) is 65.7. The van der Waals surface area contributed by atoms with Gasteiger partial charge in [0.15, 0.2) is 11.6 Å². The number of hydrogen-bond donors (Lipinski definition) is 2. The van der Waals surface area contributed by atoms with E-state index >= 15 is 0 Å². The number of carbonyl (C=O) groups excluding carboxylic acids is 3. The Hall–Kier alpha value is -6.23. The second kappa shape index (κ2) is 34.3. The first-order valence-electron chi connectivity index (χ1n) is 30.0. The predicted molar refractivity (Wildman–Crippen MR) is 305 cm³/mol. The highest BCUT2D eigenvalue weighted by Gasteiger charge is 2.75. The van der Waals surface area contributed by atoms with Crippen molar-refractivity contribution in [1.29, 1.82) is 0 Å². The molecule has 4 heterocycles. The number of benzene rings is 2. The molecule has 3 aromatic heterocycles. The Balaban J connectivity index is 0.558. The summed E-state index contributed by atoms with van der Waals surface area (Å²) >= 11 is 0. The minimum atomic E-state index is -1.31. The molecular weight excluding hydrogens is 1120 g/mol. The standard InChI is InChI=1S/C60H84F3N11O12/c1-43(2)59-69-67-44(3)74(59)54-37-53-60(54)16-13-52(60)73(53)17-14-51(46-9-5-4-6-10-46)66-56(76)42-72-40-45(39-65-72)38-64-55(75)12-8-7-11-48-41-71(70-68-48)18-20-79-22-24-81-26-28-83-30-32-85-34-33-84-31-29-82-27-25-80-23-21-78-19-15-57(77)86-58-49(62)35-47(61)36-50(58)63/h4-6,9-10,35-36,39-41,43,51-54H,7-8,11-34,37-38,42H2,1-3H3,(H,64,75)(H,66,76)/t51-,52?,53?,54?,60?/m0/s1. The van der Waals surface area contributed by atoms with Crippen LogP contribution in [-0.2, 0) is 78.3 Å². The molecule has 1 aliphatic heterocycles. The molecule has 2 amide bonds. The van der Waals surface area contributed by atoms with Crippen LogP contribution in [0.15, 0.2) is 61.1 Å². The van der Waals surface area contributed by atoms with E-state index in [1.54, 1.807) is 15.6 Å². The van der Waals surface area contributed by atoms with Crippen molar-refractivity contribution in [3.63, 3.8) is 0 Å². The number of amides is 2. The van der Waals surface area contributed by atoms with E-state index in [0.29, 0.717) is 160 Å². The summed E-state index contributed by atoms with van der Waals surface area (Å²) in [6.45, 7) is 14.1. The molecule has 1 saturated heterocycles. The first-order chi connectivity index (χ1) is 41.9. The average molecular weight is 1210 g/mol. The molecule has 5 atom stereocenters. The topological polar surface area (TPSA) is 241 Å². The molecule has 472 valence electrons. The molecule has 86 heavy (non-hydrogen) atoms. The molecule has 0 radical (unpaired) electrons. The summed E-state index contributed by atoms with van der Waals surface area (Å²) in [5.74, 6) is -3.30. The average Bonchev–Trinajstić information content (AvgIpc) is 0.758. The van der Waals surface area contributed by atoms with Gasteiger partial charge in [-0.3, -0.25) is 24.0 Å². The molecule has 2 aromatic carbocycles. The zero-order valence-electron chi connectivity index (χ0n) is 49.7. The minimum absolute atomic E-state index is 0.0459. The molecule has 1 spiro atoms. The maximum atomic E-state index is 13.6. The summed E-state index contributed by atoms with van der Waals surface area (Å²) in [6.07, 6.45) is 12.2. The largest absolute Gasteiger partial charge is 0.420 e. The van der Waals surface area contributed by atoms with Crippen molar-refractivity contribution in [2.24, 2.45) is 5.41 Å². The van der Waals surface area contributed by atoms with Crippen LogP contribution >= 0.6 is 0 Å². The zero-order valence-corrected chi connectivity index (χ0v) is 49.7. The predicted octanol–water partition coefficient (Wildman–Crippen LogP) is 5.80. The lowest BCUT2D eigenvalue weighted by Crippen LogP contribution is -2.85. The third-order valence-electron chi connectivity index (χ3n) is 15.7. The van der Waals surface area contributed by atoms with Crippen LogP contribution in [0.4, 0.5) is 13.2 Å². The van der Waals surface area contributed by atoms with Gasteiger partial charge in [0.2, 0.25) is 17.6 Å². The molecule has 5 aromatic rings. The Labute approximate surface area is 500 Å². The number of nitrogens with one attached hydrogen (secondary N) is 2. The molecule has 8 rings (SSSR count). The second-order valence-electron chi connectivity index (χ2n) is 21.9. The zero-order chi connectivity index (χ0) is 60.5. The molecule has 3 aliphatic rings. The summed E-state index contributed by atoms with van der Waals surface area (Å²) in [4.78, 5) is 40.7. The quantitative estimate of drug-likeness (QED) is 0.0266. The van der Waals surface area contributed by atoms with Crippen molar-refractivity contribution in [2.45, 2.75) is 128 Å². The molecule has 0 bridgehead atoms. The number of piperidine rings is 2. The van der Waals surface area contributed by atoms with Crippen LogP contribution in [-0.4, -0.2) is 187 Å². The van der Waals surface area contributed by atoms with E-state index in [0.717, 1.165) is 54.3 Å². The smallest absolute Gasteiger partial charge is 0.313 e. The van der Waals surface area contributed by atoms with Gasteiger partial charge in [-0.15, -0.1) is 15.3 Å². The summed E-state index contributed by atoms with van der Waals surface area (Å²) in [7, 11) is 0. The second-order valence-corrected chi connectivity index (χ2v) is 21.9. The lowest BCUT2D eigenvalue weighted by molar-refractivity contribution is -0.295. The third-order valence-corrected chi connectivity index (χ3v) is 15.7. The van der Waals surface area contributed by atoms with Crippen LogP contribution in [0.3, 0.4) is 0 Å². The number of hydrogen-bond acceptors (Lipinski definition) is 18.